The molecule has 2 aromatic rings. The second kappa shape index (κ2) is 4.69. The lowest BCUT2D eigenvalue weighted by Crippen LogP contribution is -2.19. The molecule has 1 atom stereocenters. The first-order valence-electron chi connectivity index (χ1n) is 7.45. The lowest BCUT2D eigenvalue weighted by atomic mass is 10.0. The Morgan fingerprint density at radius 1 is 1.14 bits per heavy atom. The molecule has 5 nitrogen and oxygen atoms in total. The van der Waals surface area contributed by atoms with Crippen molar-refractivity contribution in [2.24, 2.45) is 0 Å². The van der Waals surface area contributed by atoms with Crippen molar-refractivity contribution in [2.45, 2.75) is 31.7 Å². The Morgan fingerprint density at radius 3 is 2.71 bits per heavy atom. The maximum atomic E-state index is 11.8. The molecular weight excluding hydrogens is 264 g/mol. The van der Waals surface area contributed by atoms with E-state index in [4.69, 9.17) is 0 Å². The van der Waals surface area contributed by atoms with Gasteiger partial charge in [0, 0.05) is 32.4 Å². The number of carbonyl (C=O) groups excluding carboxylic acids is 1. The van der Waals surface area contributed by atoms with Crippen molar-refractivity contribution in [1.82, 2.24) is 19.7 Å². The average molecular weight is 282 g/mol. The molecule has 3 heterocycles. The molecule has 2 aliphatic rings. The van der Waals surface area contributed by atoms with Crippen molar-refractivity contribution in [1.29, 1.82) is 0 Å². The van der Waals surface area contributed by atoms with E-state index in [9.17, 15) is 4.79 Å². The van der Waals surface area contributed by atoms with Gasteiger partial charge < -0.3 is 9.47 Å². The summed E-state index contributed by atoms with van der Waals surface area (Å²) in [7, 11) is 1.86. The third kappa shape index (κ3) is 2.04. The zero-order chi connectivity index (χ0) is 14.4. The summed E-state index contributed by atoms with van der Waals surface area (Å²) in [5.74, 6) is 2.39. The molecule has 1 saturated heterocycles. The Bertz CT molecular complexity index is 706. The van der Waals surface area contributed by atoms with E-state index in [0.717, 1.165) is 37.6 Å². The summed E-state index contributed by atoms with van der Waals surface area (Å²) in [5, 5.41) is 8.77. The first kappa shape index (κ1) is 12.6. The summed E-state index contributed by atoms with van der Waals surface area (Å²) in [4.78, 5) is 13.6. The summed E-state index contributed by atoms with van der Waals surface area (Å²) in [6, 6.07) is 8.55. The molecular formula is C16H18N4O. The fourth-order valence-electron chi connectivity index (χ4n) is 3.42. The largest absolute Gasteiger partial charge is 0.345 e. The van der Waals surface area contributed by atoms with E-state index in [0.29, 0.717) is 6.42 Å². The number of carbonyl (C=O) groups is 1. The maximum Gasteiger partial charge on any atom is 0.223 e. The van der Waals surface area contributed by atoms with Crippen molar-refractivity contribution >= 4 is 5.91 Å². The molecule has 108 valence electrons. The van der Waals surface area contributed by atoms with Gasteiger partial charge in [-0.1, -0.05) is 24.3 Å². The van der Waals surface area contributed by atoms with Crippen LogP contribution in [0.1, 0.15) is 35.1 Å². The molecule has 0 N–H and O–H groups in total. The van der Waals surface area contributed by atoms with E-state index in [-0.39, 0.29) is 11.8 Å². The molecule has 1 aromatic heterocycles. The van der Waals surface area contributed by atoms with Gasteiger partial charge in [0.1, 0.15) is 11.6 Å². The summed E-state index contributed by atoms with van der Waals surface area (Å²) >= 11 is 0. The van der Waals surface area contributed by atoms with Crippen LogP contribution in [0.15, 0.2) is 24.3 Å². The Balaban J connectivity index is 1.72. The van der Waals surface area contributed by atoms with E-state index in [1.54, 1.807) is 4.90 Å². The highest BCUT2D eigenvalue weighted by Crippen LogP contribution is 2.29. The second-order valence-electron chi connectivity index (χ2n) is 6.00. The van der Waals surface area contributed by atoms with Crippen LogP contribution in [0.4, 0.5) is 0 Å². The number of likely N-dealkylation sites (N-methyl/N-ethyl adjacent to an activating group) is 1. The van der Waals surface area contributed by atoms with Crippen LogP contribution in [0.25, 0.3) is 0 Å². The minimum atomic E-state index is 0.175. The summed E-state index contributed by atoms with van der Waals surface area (Å²) < 4.78 is 2.23. The molecule has 0 spiro atoms. The zero-order valence-electron chi connectivity index (χ0n) is 12.1. The fraction of sp³-hybridized carbons (Fsp3) is 0.438. The van der Waals surface area contributed by atoms with Crippen LogP contribution in [0, 0.1) is 0 Å². The molecule has 0 radical (unpaired) electrons. The number of amides is 1. The van der Waals surface area contributed by atoms with Gasteiger partial charge in [-0.25, -0.2) is 0 Å². The summed E-state index contributed by atoms with van der Waals surface area (Å²) in [6.07, 6.45) is 2.48. The topological polar surface area (TPSA) is 51.0 Å². The summed E-state index contributed by atoms with van der Waals surface area (Å²) in [5.41, 5.74) is 2.74. The third-order valence-corrected chi connectivity index (χ3v) is 4.63. The summed E-state index contributed by atoms with van der Waals surface area (Å²) in [6.45, 7) is 1.57. The van der Waals surface area contributed by atoms with Gasteiger partial charge in [-0.3, -0.25) is 4.79 Å². The standard InChI is InChI=1S/C16H18N4O/c1-19-9-13(8-15(19)21)16-18-17-14-7-6-11-4-2-3-5-12(11)10-20(14)16/h2-5,13H,6-10H2,1H3. The van der Waals surface area contributed by atoms with Gasteiger partial charge >= 0.3 is 0 Å². The molecule has 21 heavy (non-hydrogen) atoms. The van der Waals surface area contributed by atoms with Gasteiger partial charge in [0.2, 0.25) is 5.91 Å². The quantitative estimate of drug-likeness (QED) is 0.794. The fourth-order valence-corrected chi connectivity index (χ4v) is 3.42. The number of aromatic nitrogens is 3. The van der Waals surface area contributed by atoms with Crippen LogP contribution in [0.5, 0.6) is 0 Å². The van der Waals surface area contributed by atoms with Crippen LogP contribution in [-0.2, 0) is 24.2 Å². The third-order valence-electron chi connectivity index (χ3n) is 4.63. The zero-order valence-corrected chi connectivity index (χ0v) is 12.1. The number of rotatable bonds is 1. The van der Waals surface area contributed by atoms with Gasteiger partial charge in [0.05, 0.1) is 6.54 Å². The van der Waals surface area contributed by atoms with E-state index in [2.05, 4.69) is 39.0 Å². The number of hydrogen-bond acceptors (Lipinski definition) is 3. The molecule has 1 fully saturated rings. The van der Waals surface area contributed by atoms with Crippen LogP contribution >= 0.6 is 0 Å². The van der Waals surface area contributed by atoms with E-state index in [1.807, 2.05) is 7.05 Å². The van der Waals surface area contributed by atoms with Crippen molar-refractivity contribution in [3.8, 4) is 0 Å². The number of likely N-dealkylation sites (tertiary alicyclic amines) is 1. The van der Waals surface area contributed by atoms with Crippen molar-refractivity contribution in [3.05, 3.63) is 47.0 Å². The van der Waals surface area contributed by atoms with E-state index in [1.165, 1.54) is 11.1 Å². The van der Waals surface area contributed by atoms with Crippen LogP contribution in [0.2, 0.25) is 0 Å². The first-order valence-corrected chi connectivity index (χ1v) is 7.45. The van der Waals surface area contributed by atoms with Gasteiger partial charge in [-0.15, -0.1) is 10.2 Å². The van der Waals surface area contributed by atoms with Gasteiger partial charge in [0.15, 0.2) is 0 Å². The maximum absolute atomic E-state index is 11.8. The Hall–Kier alpha value is -2.17. The smallest absolute Gasteiger partial charge is 0.223 e. The minimum absolute atomic E-state index is 0.175. The Kier molecular flexibility index (Phi) is 2.80. The SMILES string of the molecule is CN1CC(c2nnc3n2Cc2ccccc2CC3)CC1=O. The molecule has 1 amide bonds. The number of hydrogen-bond donors (Lipinski definition) is 0. The molecule has 1 unspecified atom stereocenters. The highest BCUT2D eigenvalue weighted by atomic mass is 16.2. The molecule has 1 aromatic carbocycles. The number of benzene rings is 1. The lowest BCUT2D eigenvalue weighted by Gasteiger charge is -2.13. The predicted molar refractivity (Wildman–Crippen MR) is 78.0 cm³/mol. The monoisotopic (exact) mass is 282 g/mol. The van der Waals surface area contributed by atoms with Crippen molar-refractivity contribution < 1.29 is 4.79 Å². The number of nitrogens with zero attached hydrogens (tertiary/aromatic N) is 4. The molecule has 0 saturated carbocycles. The molecule has 2 aliphatic heterocycles. The molecule has 4 rings (SSSR count). The van der Waals surface area contributed by atoms with Crippen LogP contribution in [-0.4, -0.2) is 39.2 Å². The Labute approximate surface area is 123 Å². The molecule has 0 bridgehead atoms. The van der Waals surface area contributed by atoms with Gasteiger partial charge in [-0.05, 0) is 17.5 Å². The van der Waals surface area contributed by atoms with E-state index >= 15 is 0 Å². The van der Waals surface area contributed by atoms with Crippen LogP contribution in [0.3, 0.4) is 0 Å². The highest BCUT2D eigenvalue weighted by Gasteiger charge is 2.32. The second-order valence-corrected chi connectivity index (χ2v) is 6.00. The van der Waals surface area contributed by atoms with Crippen molar-refractivity contribution in [3.63, 3.8) is 0 Å². The Morgan fingerprint density at radius 2 is 1.95 bits per heavy atom. The highest BCUT2D eigenvalue weighted by molar-refractivity contribution is 5.79. The average Bonchev–Trinajstić information content (AvgIpc) is 2.96. The lowest BCUT2D eigenvalue weighted by molar-refractivity contribution is -0.126. The first-order chi connectivity index (χ1) is 10.2. The number of aryl methyl sites for hydroxylation is 2. The van der Waals surface area contributed by atoms with E-state index < -0.39 is 0 Å². The minimum Gasteiger partial charge on any atom is -0.345 e. The molecule has 5 heteroatoms. The van der Waals surface area contributed by atoms with Gasteiger partial charge in [0.25, 0.3) is 0 Å². The number of fused-ring (bicyclic) bond motifs is 2. The van der Waals surface area contributed by atoms with Crippen LogP contribution < -0.4 is 0 Å². The predicted octanol–water partition coefficient (Wildman–Crippen LogP) is 1.37. The molecule has 0 aliphatic carbocycles. The normalized spacial score (nSPS) is 21.1. The van der Waals surface area contributed by atoms with Crippen molar-refractivity contribution in [2.75, 3.05) is 13.6 Å². The van der Waals surface area contributed by atoms with Gasteiger partial charge in [-0.2, -0.15) is 0 Å².